The van der Waals surface area contributed by atoms with Gasteiger partial charge in [-0.05, 0) is 6.92 Å². The fourth-order valence-electron chi connectivity index (χ4n) is 1.73. The molecule has 0 spiro atoms. The molecule has 0 unspecified atom stereocenters. The van der Waals surface area contributed by atoms with Crippen LogP contribution in [-0.4, -0.2) is 51.1 Å². The van der Waals surface area contributed by atoms with Crippen LogP contribution in [0.3, 0.4) is 0 Å². The lowest BCUT2D eigenvalue weighted by atomic mass is 10.1. The van der Waals surface area contributed by atoms with Crippen LogP contribution in [0.2, 0.25) is 0 Å². The molecule has 0 aromatic heterocycles. The number of esters is 1. The topological polar surface area (TPSA) is 71.1 Å². The number of rotatable bonds is 7. The van der Waals surface area contributed by atoms with E-state index < -0.39 is 6.10 Å². The van der Waals surface area contributed by atoms with Gasteiger partial charge >= 0.3 is 5.97 Å². The molecule has 1 aliphatic heterocycles. The molecule has 0 aliphatic carbocycles. The van der Waals surface area contributed by atoms with Crippen molar-refractivity contribution < 1.29 is 28.5 Å². The molecule has 1 saturated heterocycles. The maximum absolute atomic E-state index is 11.3. The molecule has 3 atom stereocenters. The molecule has 0 radical (unpaired) electrons. The van der Waals surface area contributed by atoms with Crippen LogP contribution in [0.1, 0.15) is 19.8 Å². The summed E-state index contributed by atoms with van der Waals surface area (Å²) in [6.07, 6.45) is 0.00444. The van der Waals surface area contributed by atoms with Crippen molar-refractivity contribution in [3.8, 4) is 0 Å². The second-order valence-electron chi connectivity index (χ2n) is 3.72. The van der Waals surface area contributed by atoms with Crippen molar-refractivity contribution in [1.29, 1.82) is 0 Å². The van der Waals surface area contributed by atoms with Crippen LogP contribution in [0.15, 0.2) is 0 Å². The van der Waals surface area contributed by atoms with Crippen molar-refractivity contribution in [2.45, 2.75) is 38.1 Å². The highest BCUT2D eigenvalue weighted by Gasteiger charge is 2.37. The van der Waals surface area contributed by atoms with Crippen molar-refractivity contribution in [2.75, 3.05) is 20.5 Å². The smallest absolute Gasteiger partial charge is 0.308 e. The number of hydrogen-bond acceptors (Lipinski definition) is 6. The summed E-state index contributed by atoms with van der Waals surface area (Å²) in [6.45, 7) is 2.18. The Morgan fingerprint density at radius 1 is 1.53 bits per heavy atom. The Hall–Kier alpha value is -0.980. The Kier molecular flexibility index (Phi) is 6.10. The summed E-state index contributed by atoms with van der Waals surface area (Å²) in [4.78, 5) is 22.0. The van der Waals surface area contributed by atoms with Gasteiger partial charge in [-0.25, -0.2) is 0 Å². The molecule has 0 saturated carbocycles. The largest absolute Gasteiger partial charge is 0.466 e. The van der Waals surface area contributed by atoms with E-state index in [0.717, 1.165) is 0 Å². The van der Waals surface area contributed by atoms with Gasteiger partial charge in [-0.3, -0.25) is 4.79 Å². The maximum atomic E-state index is 11.3. The first-order valence-electron chi connectivity index (χ1n) is 5.58. The first-order chi connectivity index (χ1) is 8.21. The Balaban J connectivity index is 2.39. The van der Waals surface area contributed by atoms with Crippen LogP contribution in [0.25, 0.3) is 0 Å². The van der Waals surface area contributed by atoms with Gasteiger partial charge in [0.15, 0.2) is 6.29 Å². The third kappa shape index (κ3) is 4.41. The summed E-state index contributed by atoms with van der Waals surface area (Å²) < 4.78 is 20.3. The molecule has 0 N–H and O–H groups in total. The summed E-state index contributed by atoms with van der Waals surface area (Å²) in [7, 11) is 1.50. The van der Waals surface area contributed by atoms with Crippen molar-refractivity contribution in [3.05, 3.63) is 0 Å². The second-order valence-corrected chi connectivity index (χ2v) is 3.72. The monoisotopic (exact) mass is 246 g/mol. The van der Waals surface area contributed by atoms with E-state index in [4.69, 9.17) is 18.9 Å². The highest BCUT2D eigenvalue weighted by atomic mass is 16.7. The van der Waals surface area contributed by atoms with Gasteiger partial charge in [-0.15, -0.1) is 0 Å². The number of carbonyl (C=O) groups is 2. The number of methoxy groups -OCH3 is 1. The molecule has 1 fully saturated rings. The van der Waals surface area contributed by atoms with Crippen molar-refractivity contribution >= 4 is 12.3 Å². The molecule has 0 aromatic carbocycles. The van der Waals surface area contributed by atoms with Gasteiger partial charge in [0, 0.05) is 13.5 Å². The number of carbonyl (C=O) groups excluding carboxylic acids is 2. The second kappa shape index (κ2) is 7.37. The van der Waals surface area contributed by atoms with E-state index in [9.17, 15) is 9.59 Å². The first kappa shape index (κ1) is 14.1. The van der Waals surface area contributed by atoms with Crippen molar-refractivity contribution in [2.24, 2.45) is 0 Å². The molecule has 6 nitrogen and oxygen atoms in total. The summed E-state index contributed by atoms with van der Waals surface area (Å²) in [5, 5.41) is 0. The van der Waals surface area contributed by atoms with Crippen LogP contribution in [0.5, 0.6) is 0 Å². The number of ether oxygens (including phenoxy) is 4. The average Bonchev–Trinajstić information content (AvgIpc) is 2.68. The highest BCUT2D eigenvalue weighted by molar-refractivity contribution is 5.70. The third-order valence-electron chi connectivity index (χ3n) is 2.44. The third-order valence-corrected chi connectivity index (χ3v) is 2.44. The first-order valence-corrected chi connectivity index (χ1v) is 5.58. The van der Waals surface area contributed by atoms with Gasteiger partial charge in [0.05, 0.1) is 25.2 Å². The maximum Gasteiger partial charge on any atom is 0.308 e. The summed E-state index contributed by atoms with van der Waals surface area (Å²) in [5.74, 6) is -0.324. The molecular formula is C11H18O6. The van der Waals surface area contributed by atoms with E-state index in [1.807, 2.05) is 0 Å². The van der Waals surface area contributed by atoms with Crippen LogP contribution in [0.4, 0.5) is 0 Å². The van der Waals surface area contributed by atoms with Crippen molar-refractivity contribution in [1.82, 2.24) is 0 Å². The van der Waals surface area contributed by atoms with Gasteiger partial charge in [0.25, 0.3) is 0 Å². The zero-order valence-electron chi connectivity index (χ0n) is 10.1. The van der Waals surface area contributed by atoms with E-state index in [0.29, 0.717) is 19.3 Å². The van der Waals surface area contributed by atoms with Crippen LogP contribution < -0.4 is 0 Å². The zero-order valence-corrected chi connectivity index (χ0v) is 10.1. The Morgan fingerprint density at radius 3 is 2.88 bits per heavy atom. The highest BCUT2D eigenvalue weighted by Crippen LogP contribution is 2.24. The molecule has 6 heteroatoms. The Labute approximate surface area is 100 Å². The number of hydrogen-bond donors (Lipinski definition) is 0. The Bertz CT molecular complexity index is 254. The van der Waals surface area contributed by atoms with Gasteiger partial charge < -0.3 is 23.7 Å². The van der Waals surface area contributed by atoms with Crippen LogP contribution >= 0.6 is 0 Å². The minimum Gasteiger partial charge on any atom is -0.466 e. The van der Waals surface area contributed by atoms with Gasteiger partial charge in [-0.1, -0.05) is 0 Å². The SMILES string of the molecule is CCOC(=O)C[C@H]1C[C@@H](OCOC)[C@H](C=O)O1. The van der Waals surface area contributed by atoms with E-state index in [2.05, 4.69) is 0 Å². The van der Waals surface area contributed by atoms with Gasteiger partial charge in [0.1, 0.15) is 12.9 Å². The van der Waals surface area contributed by atoms with E-state index in [1.165, 1.54) is 7.11 Å². The normalized spacial score (nSPS) is 28.0. The fraction of sp³-hybridized carbons (Fsp3) is 0.818. The minimum atomic E-state index is -0.635. The fourth-order valence-corrected chi connectivity index (χ4v) is 1.73. The van der Waals surface area contributed by atoms with E-state index in [1.54, 1.807) is 6.92 Å². The van der Waals surface area contributed by atoms with Crippen molar-refractivity contribution in [3.63, 3.8) is 0 Å². The molecule has 0 bridgehead atoms. The minimum absolute atomic E-state index is 0.102. The summed E-state index contributed by atoms with van der Waals surface area (Å²) in [5.41, 5.74) is 0. The quantitative estimate of drug-likeness (QED) is 0.365. The average molecular weight is 246 g/mol. The summed E-state index contributed by atoms with van der Waals surface area (Å²) in [6, 6.07) is 0. The molecule has 98 valence electrons. The lowest BCUT2D eigenvalue weighted by Crippen LogP contribution is -2.26. The van der Waals surface area contributed by atoms with Gasteiger partial charge in [0.2, 0.25) is 0 Å². The van der Waals surface area contributed by atoms with Gasteiger partial charge in [-0.2, -0.15) is 0 Å². The summed E-state index contributed by atoms with van der Waals surface area (Å²) >= 11 is 0. The number of aldehydes is 1. The van der Waals surface area contributed by atoms with Crippen LogP contribution in [0, 0.1) is 0 Å². The molecule has 17 heavy (non-hydrogen) atoms. The lowest BCUT2D eigenvalue weighted by Gasteiger charge is -2.12. The molecule has 0 amide bonds. The lowest BCUT2D eigenvalue weighted by molar-refractivity contribution is -0.147. The molecule has 1 heterocycles. The molecular weight excluding hydrogens is 228 g/mol. The standard InChI is InChI=1S/C11H18O6/c1-3-15-11(13)5-8-4-9(16-7-14-2)10(6-12)17-8/h6,8-10H,3-5,7H2,1-2H3/t8-,9-,10+/m1/s1. The zero-order chi connectivity index (χ0) is 12.7. The molecule has 1 rings (SSSR count). The predicted molar refractivity (Wildman–Crippen MR) is 57.3 cm³/mol. The van der Waals surface area contributed by atoms with E-state index >= 15 is 0 Å². The predicted octanol–water partition coefficient (Wildman–Crippen LogP) is 0.285. The van der Waals surface area contributed by atoms with Crippen LogP contribution in [-0.2, 0) is 28.5 Å². The Morgan fingerprint density at radius 2 is 2.29 bits per heavy atom. The van der Waals surface area contributed by atoms with E-state index in [-0.39, 0.29) is 31.4 Å². The molecule has 0 aromatic rings. The molecule has 1 aliphatic rings.